The van der Waals surface area contributed by atoms with Crippen LogP contribution in [0.25, 0.3) is 11.2 Å². The third-order valence-corrected chi connectivity index (χ3v) is 3.51. The first-order valence-corrected chi connectivity index (χ1v) is 6.51. The lowest BCUT2D eigenvalue weighted by Crippen LogP contribution is -2.32. The van der Waals surface area contributed by atoms with Gasteiger partial charge < -0.3 is 15.5 Å². The first-order valence-electron chi connectivity index (χ1n) is 6.51. The van der Waals surface area contributed by atoms with Gasteiger partial charge in [-0.1, -0.05) is 0 Å². The van der Waals surface area contributed by atoms with Crippen LogP contribution < -0.4 is 11.3 Å². The molecule has 19 heavy (non-hydrogen) atoms. The summed E-state index contributed by atoms with van der Waals surface area (Å²) in [5.74, 6) is 1.45. The Kier molecular flexibility index (Phi) is 2.98. The lowest BCUT2D eigenvalue weighted by atomic mass is 9.80. The molecule has 102 valence electrons. The Bertz CT molecular complexity index is 641. The van der Waals surface area contributed by atoms with Crippen LogP contribution in [0.4, 0.5) is 5.95 Å². The number of aromatic nitrogens is 4. The van der Waals surface area contributed by atoms with E-state index in [1.807, 2.05) is 6.92 Å². The van der Waals surface area contributed by atoms with E-state index in [0.29, 0.717) is 23.2 Å². The number of hydrogen-bond acceptors (Lipinski definition) is 5. The van der Waals surface area contributed by atoms with Crippen molar-refractivity contribution < 1.29 is 4.74 Å². The van der Waals surface area contributed by atoms with Gasteiger partial charge in [0.15, 0.2) is 11.2 Å². The molecule has 0 aromatic carbocycles. The van der Waals surface area contributed by atoms with Crippen LogP contribution >= 0.6 is 0 Å². The summed E-state index contributed by atoms with van der Waals surface area (Å²) in [5.41, 5.74) is 5.99. The van der Waals surface area contributed by atoms with Gasteiger partial charge in [-0.2, -0.15) is 4.98 Å². The highest BCUT2D eigenvalue weighted by Gasteiger charge is 2.30. The molecule has 2 heterocycles. The summed E-state index contributed by atoms with van der Waals surface area (Å²) < 4.78 is 5.53. The minimum atomic E-state index is -0.276. The van der Waals surface area contributed by atoms with Crippen LogP contribution in [0.3, 0.4) is 0 Å². The van der Waals surface area contributed by atoms with E-state index in [9.17, 15) is 4.79 Å². The maximum atomic E-state index is 11.7. The number of nitrogens with one attached hydrogen (secondary N) is 2. The van der Waals surface area contributed by atoms with Gasteiger partial charge in [0.25, 0.3) is 5.56 Å². The zero-order chi connectivity index (χ0) is 13.4. The van der Waals surface area contributed by atoms with Crippen molar-refractivity contribution in [3.63, 3.8) is 0 Å². The van der Waals surface area contributed by atoms with Crippen LogP contribution in [-0.2, 0) is 11.2 Å². The van der Waals surface area contributed by atoms with Gasteiger partial charge in [-0.05, 0) is 25.7 Å². The van der Waals surface area contributed by atoms with Crippen LogP contribution in [0.2, 0.25) is 0 Å². The van der Waals surface area contributed by atoms with Crippen molar-refractivity contribution in [3.05, 3.63) is 16.2 Å². The molecule has 2 aromatic rings. The summed E-state index contributed by atoms with van der Waals surface area (Å²) in [7, 11) is 0. The zero-order valence-electron chi connectivity index (χ0n) is 10.8. The quantitative estimate of drug-likeness (QED) is 0.747. The number of H-pyrrole nitrogens is 2. The zero-order valence-corrected chi connectivity index (χ0v) is 10.8. The number of nitrogens with zero attached hydrogens (tertiary/aromatic N) is 2. The highest BCUT2D eigenvalue weighted by Crippen LogP contribution is 2.32. The van der Waals surface area contributed by atoms with Crippen molar-refractivity contribution in [3.8, 4) is 0 Å². The molecule has 0 bridgehead atoms. The van der Waals surface area contributed by atoms with Gasteiger partial charge in [-0.25, -0.2) is 4.98 Å². The second-order valence-electron chi connectivity index (χ2n) is 4.95. The standard InChI is InChI=1S/C12H17N5O2/c1-2-19-7-3-6(4-7)5-8-14-9-10(15-8)16-12(13)17-11(9)18/h6-7H,2-5H2,1H3,(H4,13,14,15,16,17,18). The molecule has 1 aliphatic rings. The number of anilines is 1. The van der Waals surface area contributed by atoms with E-state index in [1.165, 1.54) is 0 Å². The molecule has 1 saturated carbocycles. The van der Waals surface area contributed by atoms with E-state index < -0.39 is 0 Å². The van der Waals surface area contributed by atoms with Gasteiger partial charge in [-0.15, -0.1) is 0 Å². The number of fused-ring (bicyclic) bond motifs is 1. The molecular formula is C12H17N5O2. The highest BCUT2D eigenvalue weighted by molar-refractivity contribution is 5.70. The predicted molar refractivity (Wildman–Crippen MR) is 70.8 cm³/mol. The van der Waals surface area contributed by atoms with Gasteiger partial charge in [0.1, 0.15) is 5.82 Å². The van der Waals surface area contributed by atoms with Gasteiger partial charge in [0.2, 0.25) is 5.95 Å². The molecule has 0 atom stereocenters. The molecule has 7 heteroatoms. The fourth-order valence-electron chi connectivity index (χ4n) is 2.56. The Morgan fingerprint density at radius 1 is 1.37 bits per heavy atom. The molecule has 0 radical (unpaired) electrons. The summed E-state index contributed by atoms with van der Waals surface area (Å²) in [6.45, 7) is 2.77. The molecular weight excluding hydrogens is 246 g/mol. The van der Waals surface area contributed by atoms with Crippen molar-refractivity contribution in [2.45, 2.75) is 32.3 Å². The Morgan fingerprint density at radius 3 is 2.89 bits per heavy atom. The molecule has 2 aromatic heterocycles. The first kappa shape index (κ1) is 12.2. The highest BCUT2D eigenvalue weighted by atomic mass is 16.5. The summed E-state index contributed by atoms with van der Waals surface area (Å²) >= 11 is 0. The van der Waals surface area contributed by atoms with E-state index in [-0.39, 0.29) is 11.5 Å². The van der Waals surface area contributed by atoms with Gasteiger partial charge in [0.05, 0.1) is 6.10 Å². The summed E-state index contributed by atoms with van der Waals surface area (Å²) in [4.78, 5) is 25.5. The topological polar surface area (TPSA) is 110 Å². The number of hydrogen-bond donors (Lipinski definition) is 3. The molecule has 7 nitrogen and oxygen atoms in total. The van der Waals surface area contributed by atoms with Crippen molar-refractivity contribution in [2.75, 3.05) is 12.3 Å². The Labute approximate surface area is 109 Å². The van der Waals surface area contributed by atoms with Crippen LogP contribution in [0.5, 0.6) is 0 Å². The molecule has 0 unspecified atom stereocenters. The normalized spacial score (nSPS) is 22.6. The second-order valence-corrected chi connectivity index (χ2v) is 4.95. The number of aromatic amines is 2. The number of rotatable bonds is 4. The van der Waals surface area contributed by atoms with E-state index in [2.05, 4.69) is 19.9 Å². The molecule has 0 aliphatic heterocycles. The third kappa shape index (κ3) is 2.33. The van der Waals surface area contributed by atoms with Crippen LogP contribution in [-0.4, -0.2) is 32.6 Å². The van der Waals surface area contributed by atoms with Crippen LogP contribution in [0.1, 0.15) is 25.6 Å². The summed E-state index contributed by atoms with van der Waals surface area (Å²) in [5, 5.41) is 0. The molecule has 0 amide bonds. The fraction of sp³-hybridized carbons (Fsp3) is 0.583. The van der Waals surface area contributed by atoms with Gasteiger partial charge in [-0.3, -0.25) is 9.78 Å². The second kappa shape index (κ2) is 4.65. The van der Waals surface area contributed by atoms with Crippen molar-refractivity contribution in [1.82, 2.24) is 19.9 Å². The molecule has 4 N–H and O–H groups in total. The monoisotopic (exact) mass is 263 g/mol. The van der Waals surface area contributed by atoms with E-state index in [4.69, 9.17) is 10.5 Å². The average molecular weight is 263 g/mol. The maximum absolute atomic E-state index is 11.7. The van der Waals surface area contributed by atoms with E-state index in [0.717, 1.165) is 31.7 Å². The number of ether oxygens (including phenoxy) is 1. The minimum Gasteiger partial charge on any atom is -0.378 e. The molecule has 3 rings (SSSR count). The summed E-state index contributed by atoms with van der Waals surface area (Å²) in [6, 6.07) is 0. The summed E-state index contributed by atoms with van der Waals surface area (Å²) in [6.07, 6.45) is 3.31. The lowest BCUT2D eigenvalue weighted by Gasteiger charge is -2.34. The molecule has 0 saturated heterocycles. The van der Waals surface area contributed by atoms with E-state index >= 15 is 0 Å². The number of imidazole rings is 1. The average Bonchev–Trinajstić information content (AvgIpc) is 2.69. The third-order valence-electron chi connectivity index (χ3n) is 3.51. The van der Waals surface area contributed by atoms with Crippen molar-refractivity contribution >= 4 is 17.1 Å². The number of nitrogen functional groups attached to an aromatic ring is 1. The fourth-order valence-corrected chi connectivity index (χ4v) is 2.56. The molecule has 1 aliphatic carbocycles. The number of nitrogens with two attached hydrogens (primary N) is 1. The minimum absolute atomic E-state index is 0.0932. The largest absolute Gasteiger partial charge is 0.378 e. The SMILES string of the molecule is CCOC1CC(Cc2nc3nc(N)[nH]c(=O)c3[nH]2)C1. The van der Waals surface area contributed by atoms with Crippen molar-refractivity contribution in [1.29, 1.82) is 0 Å². The van der Waals surface area contributed by atoms with Gasteiger partial charge in [0, 0.05) is 13.0 Å². The van der Waals surface area contributed by atoms with Crippen LogP contribution in [0, 0.1) is 5.92 Å². The molecule has 1 fully saturated rings. The predicted octanol–water partition coefficient (Wildman–Crippen LogP) is 0.586. The Hall–Kier alpha value is -1.89. The van der Waals surface area contributed by atoms with E-state index in [1.54, 1.807) is 0 Å². The lowest BCUT2D eigenvalue weighted by molar-refractivity contribution is -0.0244. The first-order chi connectivity index (χ1) is 9.15. The molecule has 0 spiro atoms. The smallest absolute Gasteiger partial charge is 0.278 e. The maximum Gasteiger partial charge on any atom is 0.278 e. The Morgan fingerprint density at radius 2 is 2.16 bits per heavy atom. The van der Waals surface area contributed by atoms with Gasteiger partial charge >= 0.3 is 0 Å². The Balaban J connectivity index is 1.73. The van der Waals surface area contributed by atoms with Crippen molar-refractivity contribution in [2.24, 2.45) is 5.92 Å². The van der Waals surface area contributed by atoms with Crippen LogP contribution in [0.15, 0.2) is 4.79 Å².